The molecule has 3 rings (SSSR count). The van der Waals surface area contributed by atoms with Crippen LogP contribution in [0.15, 0.2) is 24.3 Å². The number of carboxylic acids is 1. The fourth-order valence-electron chi connectivity index (χ4n) is 3.15. The van der Waals surface area contributed by atoms with Crippen molar-refractivity contribution in [2.45, 2.75) is 38.6 Å². The summed E-state index contributed by atoms with van der Waals surface area (Å²) in [6.45, 7) is 1.91. The lowest BCUT2D eigenvalue weighted by Gasteiger charge is -2.28. The Hall–Kier alpha value is -2.17. The maximum Gasteiger partial charge on any atom is 0.306 e. The summed E-state index contributed by atoms with van der Waals surface area (Å²) in [6, 6.07) is 6.74. The summed E-state index contributed by atoms with van der Waals surface area (Å²) in [5.74, 6) is -1.21. The molecular weight excluding hydrogens is 283 g/mol. The summed E-state index contributed by atoms with van der Waals surface area (Å²) < 4.78 is 13.5. The van der Waals surface area contributed by atoms with E-state index in [0.717, 1.165) is 35.1 Å². The SMILES string of the molecule is Cc1cc(NC2CCC(C(=O)O)CC2)c2cc(F)ccc2n1. The molecule has 0 amide bonds. The van der Waals surface area contributed by atoms with Crippen molar-refractivity contribution in [3.05, 3.63) is 35.8 Å². The Morgan fingerprint density at radius 3 is 2.68 bits per heavy atom. The lowest BCUT2D eigenvalue weighted by atomic mass is 9.86. The van der Waals surface area contributed by atoms with Crippen LogP contribution in [0.25, 0.3) is 10.9 Å². The van der Waals surface area contributed by atoms with Crippen molar-refractivity contribution in [2.75, 3.05) is 5.32 Å². The maximum atomic E-state index is 13.5. The van der Waals surface area contributed by atoms with Crippen molar-refractivity contribution >= 4 is 22.6 Å². The third-order valence-electron chi connectivity index (χ3n) is 4.33. The first-order chi connectivity index (χ1) is 10.5. The molecule has 0 atom stereocenters. The van der Waals surface area contributed by atoms with Gasteiger partial charge in [-0.2, -0.15) is 0 Å². The van der Waals surface area contributed by atoms with Gasteiger partial charge in [0.1, 0.15) is 5.82 Å². The molecule has 116 valence electrons. The quantitative estimate of drug-likeness (QED) is 0.906. The van der Waals surface area contributed by atoms with Crippen molar-refractivity contribution in [3.8, 4) is 0 Å². The standard InChI is InChI=1S/C17H19FN2O2/c1-10-8-16(14-9-12(18)4-7-15(14)19-10)20-13-5-2-11(3-6-13)17(21)22/h4,7-9,11,13H,2-3,5-6H2,1H3,(H,19,20)(H,21,22). The predicted molar refractivity (Wildman–Crippen MR) is 83.4 cm³/mol. The second-order valence-corrected chi connectivity index (χ2v) is 6.00. The molecule has 1 fully saturated rings. The molecule has 4 nitrogen and oxygen atoms in total. The molecule has 0 spiro atoms. The average molecular weight is 302 g/mol. The van der Waals surface area contributed by atoms with E-state index in [1.54, 1.807) is 6.07 Å². The minimum absolute atomic E-state index is 0.226. The van der Waals surface area contributed by atoms with Gasteiger partial charge in [-0.1, -0.05) is 0 Å². The van der Waals surface area contributed by atoms with Gasteiger partial charge in [-0.05, 0) is 56.9 Å². The number of hydrogen-bond acceptors (Lipinski definition) is 3. The van der Waals surface area contributed by atoms with Crippen LogP contribution in [-0.2, 0) is 4.79 Å². The molecule has 0 aliphatic heterocycles. The van der Waals surface area contributed by atoms with Gasteiger partial charge in [-0.25, -0.2) is 4.39 Å². The highest BCUT2D eigenvalue weighted by molar-refractivity contribution is 5.91. The van der Waals surface area contributed by atoms with E-state index < -0.39 is 5.97 Å². The van der Waals surface area contributed by atoms with Crippen LogP contribution < -0.4 is 5.32 Å². The third-order valence-corrected chi connectivity index (χ3v) is 4.33. The molecule has 0 bridgehead atoms. The monoisotopic (exact) mass is 302 g/mol. The van der Waals surface area contributed by atoms with E-state index in [0.29, 0.717) is 12.8 Å². The van der Waals surface area contributed by atoms with Crippen molar-refractivity contribution < 1.29 is 14.3 Å². The number of halogens is 1. The largest absolute Gasteiger partial charge is 0.481 e. The van der Waals surface area contributed by atoms with Crippen molar-refractivity contribution in [1.29, 1.82) is 0 Å². The van der Waals surface area contributed by atoms with Gasteiger partial charge in [0, 0.05) is 22.8 Å². The Morgan fingerprint density at radius 1 is 1.27 bits per heavy atom. The van der Waals surface area contributed by atoms with Gasteiger partial charge in [-0.15, -0.1) is 0 Å². The second-order valence-electron chi connectivity index (χ2n) is 6.00. The summed E-state index contributed by atoms with van der Waals surface area (Å²) >= 11 is 0. The van der Waals surface area contributed by atoms with Crippen LogP contribution in [0.3, 0.4) is 0 Å². The van der Waals surface area contributed by atoms with E-state index in [4.69, 9.17) is 5.11 Å². The Morgan fingerprint density at radius 2 is 2.00 bits per heavy atom. The number of nitrogens with zero attached hydrogens (tertiary/aromatic N) is 1. The number of pyridine rings is 1. The molecule has 2 N–H and O–H groups in total. The zero-order chi connectivity index (χ0) is 15.7. The van der Waals surface area contributed by atoms with Gasteiger partial charge in [-0.3, -0.25) is 9.78 Å². The Bertz CT molecular complexity index is 709. The molecule has 1 saturated carbocycles. The average Bonchev–Trinajstić information content (AvgIpc) is 2.48. The summed E-state index contributed by atoms with van der Waals surface area (Å²) in [5.41, 5.74) is 2.52. The number of benzene rings is 1. The number of hydrogen-bond donors (Lipinski definition) is 2. The number of aromatic nitrogens is 1. The third kappa shape index (κ3) is 3.03. The summed E-state index contributed by atoms with van der Waals surface area (Å²) in [4.78, 5) is 15.4. The Balaban J connectivity index is 1.82. The van der Waals surface area contributed by atoms with E-state index in [-0.39, 0.29) is 17.8 Å². The highest BCUT2D eigenvalue weighted by atomic mass is 19.1. The van der Waals surface area contributed by atoms with E-state index in [1.165, 1.54) is 12.1 Å². The van der Waals surface area contributed by atoms with E-state index in [9.17, 15) is 9.18 Å². The molecule has 5 heteroatoms. The number of aliphatic carboxylic acids is 1. The molecule has 1 aromatic heterocycles. The Labute approximate surface area is 128 Å². The summed E-state index contributed by atoms with van der Waals surface area (Å²) in [6.07, 6.45) is 3.00. The maximum absolute atomic E-state index is 13.5. The van der Waals surface area contributed by atoms with Gasteiger partial charge in [0.25, 0.3) is 0 Å². The van der Waals surface area contributed by atoms with Gasteiger partial charge >= 0.3 is 5.97 Å². The number of rotatable bonds is 3. The number of aryl methyl sites for hydroxylation is 1. The Kier molecular flexibility index (Phi) is 3.96. The zero-order valence-electron chi connectivity index (χ0n) is 12.5. The van der Waals surface area contributed by atoms with Crippen LogP contribution >= 0.6 is 0 Å². The second kappa shape index (κ2) is 5.91. The van der Waals surface area contributed by atoms with Crippen molar-refractivity contribution in [1.82, 2.24) is 4.98 Å². The first-order valence-corrected chi connectivity index (χ1v) is 7.59. The van der Waals surface area contributed by atoms with Crippen molar-refractivity contribution in [3.63, 3.8) is 0 Å². The molecule has 1 aromatic carbocycles. The minimum Gasteiger partial charge on any atom is -0.481 e. The first-order valence-electron chi connectivity index (χ1n) is 7.59. The lowest BCUT2D eigenvalue weighted by Crippen LogP contribution is -2.29. The smallest absolute Gasteiger partial charge is 0.306 e. The van der Waals surface area contributed by atoms with E-state index >= 15 is 0 Å². The number of carbonyl (C=O) groups is 1. The molecule has 1 heterocycles. The number of anilines is 1. The normalized spacial score (nSPS) is 21.7. The molecule has 0 unspecified atom stereocenters. The van der Waals surface area contributed by atoms with Crippen LogP contribution in [0, 0.1) is 18.7 Å². The van der Waals surface area contributed by atoms with Crippen LogP contribution in [0.5, 0.6) is 0 Å². The lowest BCUT2D eigenvalue weighted by molar-refractivity contribution is -0.142. The molecule has 0 saturated heterocycles. The van der Waals surface area contributed by atoms with E-state index in [1.807, 2.05) is 13.0 Å². The molecule has 0 radical (unpaired) electrons. The first kappa shape index (κ1) is 14.8. The molecule has 22 heavy (non-hydrogen) atoms. The van der Waals surface area contributed by atoms with E-state index in [2.05, 4.69) is 10.3 Å². The fraction of sp³-hybridized carbons (Fsp3) is 0.412. The highest BCUT2D eigenvalue weighted by Crippen LogP contribution is 2.30. The predicted octanol–water partition coefficient (Wildman–Crippen LogP) is 3.74. The van der Waals surface area contributed by atoms with Gasteiger partial charge in [0.15, 0.2) is 0 Å². The van der Waals surface area contributed by atoms with Crippen LogP contribution in [0.4, 0.5) is 10.1 Å². The van der Waals surface area contributed by atoms with Crippen LogP contribution in [-0.4, -0.2) is 22.1 Å². The zero-order valence-corrected chi connectivity index (χ0v) is 12.5. The van der Waals surface area contributed by atoms with Gasteiger partial charge in [0.05, 0.1) is 11.4 Å². The number of fused-ring (bicyclic) bond motifs is 1. The van der Waals surface area contributed by atoms with Gasteiger partial charge in [0.2, 0.25) is 0 Å². The molecule has 2 aromatic rings. The summed E-state index contributed by atoms with van der Waals surface area (Å²) in [5, 5.41) is 13.3. The molecule has 1 aliphatic carbocycles. The van der Waals surface area contributed by atoms with Crippen molar-refractivity contribution in [2.24, 2.45) is 5.92 Å². The number of nitrogens with one attached hydrogen (secondary N) is 1. The number of carboxylic acid groups (broad SMARTS) is 1. The van der Waals surface area contributed by atoms with Crippen LogP contribution in [0.1, 0.15) is 31.4 Å². The molecule has 1 aliphatic rings. The fourth-order valence-corrected chi connectivity index (χ4v) is 3.15. The van der Waals surface area contributed by atoms with Crippen LogP contribution in [0.2, 0.25) is 0 Å². The minimum atomic E-state index is -0.703. The summed E-state index contributed by atoms with van der Waals surface area (Å²) in [7, 11) is 0. The topological polar surface area (TPSA) is 62.2 Å². The van der Waals surface area contributed by atoms with Gasteiger partial charge < -0.3 is 10.4 Å². The molecular formula is C17H19FN2O2. The highest BCUT2D eigenvalue weighted by Gasteiger charge is 2.26.